The number of carbonyl (C=O) groups is 1. The first-order chi connectivity index (χ1) is 14.1. The molecule has 0 radical (unpaired) electrons. The van der Waals surface area contributed by atoms with Crippen molar-refractivity contribution in [1.29, 1.82) is 0 Å². The van der Waals surface area contributed by atoms with Crippen LogP contribution in [0.3, 0.4) is 0 Å². The molecular weight excluding hydrogens is 364 g/mol. The number of nitrogens with zero attached hydrogens (tertiary/aromatic N) is 2. The Morgan fingerprint density at radius 1 is 1.14 bits per heavy atom. The molecule has 3 aromatic rings. The zero-order valence-corrected chi connectivity index (χ0v) is 17.0. The van der Waals surface area contributed by atoms with Crippen LogP contribution in [0.15, 0.2) is 53.3 Å². The van der Waals surface area contributed by atoms with Crippen molar-refractivity contribution in [2.45, 2.75) is 39.2 Å². The Balaban J connectivity index is 1.85. The van der Waals surface area contributed by atoms with Gasteiger partial charge in [0, 0.05) is 24.8 Å². The molecule has 1 aliphatic heterocycles. The zero-order chi connectivity index (χ0) is 20.4. The van der Waals surface area contributed by atoms with Crippen LogP contribution >= 0.6 is 0 Å². The van der Waals surface area contributed by atoms with Gasteiger partial charge in [-0.15, -0.1) is 0 Å². The van der Waals surface area contributed by atoms with Crippen molar-refractivity contribution in [3.8, 4) is 5.75 Å². The number of pyridine rings is 1. The first-order valence-electron chi connectivity index (χ1n) is 10.3. The van der Waals surface area contributed by atoms with E-state index in [1.807, 2.05) is 36.4 Å². The predicted octanol–water partition coefficient (Wildman–Crippen LogP) is 4.40. The van der Waals surface area contributed by atoms with Gasteiger partial charge in [-0.2, -0.15) is 0 Å². The largest absolute Gasteiger partial charge is 0.497 e. The van der Waals surface area contributed by atoms with E-state index in [4.69, 9.17) is 4.74 Å². The molecule has 0 saturated heterocycles. The number of hydrogen-bond donors (Lipinski definition) is 0. The number of unbranched alkanes of at least 4 members (excludes halogenated alkanes) is 1. The van der Waals surface area contributed by atoms with Gasteiger partial charge >= 0.3 is 0 Å². The molecule has 0 spiro atoms. The maximum Gasteiger partial charge on any atom is 0.263 e. The van der Waals surface area contributed by atoms with E-state index in [9.17, 15) is 9.59 Å². The molecule has 0 aliphatic carbocycles. The highest BCUT2D eigenvalue weighted by Crippen LogP contribution is 2.28. The lowest BCUT2D eigenvalue weighted by Gasteiger charge is -2.29. The number of para-hydroxylation sites is 1. The molecule has 5 heteroatoms. The van der Waals surface area contributed by atoms with Crippen LogP contribution in [-0.4, -0.2) is 24.1 Å². The number of anilines is 1. The quantitative estimate of drug-likeness (QED) is 0.649. The summed E-state index contributed by atoms with van der Waals surface area (Å²) in [5.74, 6) is 0.483. The first-order valence-corrected chi connectivity index (χ1v) is 10.3. The summed E-state index contributed by atoms with van der Waals surface area (Å²) in [6.45, 7) is 3.30. The minimum Gasteiger partial charge on any atom is -0.497 e. The topological polar surface area (TPSA) is 51.5 Å². The van der Waals surface area contributed by atoms with Crippen LogP contribution in [0.1, 0.15) is 42.1 Å². The molecule has 0 bridgehead atoms. The van der Waals surface area contributed by atoms with E-state index < -0.39 is 0 Å². The molecule has 29 heavy (non-hydrogen) atoms. The normalized spacial score (nSPS) is 13.4. The van der Waals surface area contributed by atoms with E-state index in [0.29, 0.717) is 18.8 Å². The lowest BCUT2D eigenvalue weighted by molar-refractivity contribution is 0.0983. The minimum atomic E-state index is -0.229. The SMILES string of the molecule is CCCCn1c(=O)c(C(=O)N2CCCc3ccccc32)cc2ccc(OC)cc21. The second-order valence-electron chi connectivity index (χ2n) is 7.48. The fraction of sp³-hybridized carbons (Fsp3) is 0.333. The summed E-state index contributed by atoms with van der Waals surface area (Å²) in [5, 5.41) is 0.871. The average molecular weight is 390 g/mol. The second kappa shape index (κ2) is 8.11. The van der Waals surface area contributed by atoms with Gasteiger partial charge in [0.15, 0.2) is 0 Å². The van der Waals surface area contributed by atoms with Crippen LogP contribution in [0.4, 0.5) is 5.69 Å². The molecule has 0 atom stereocenters. The van der Waals surface area contributed by atoms with Gasteiger partial charge in [-0.1, -0.05) is 31.5 Å². The summed E-state index contributed by atoms with van der Waals surface area (Å²) in [6.07, 6.45) is 3.70. The number of methoxy groups -OCH3 is 1. The monoisotopic (exact) mass is 390 g/mol. The van der Waals surface area contributed by atoms with Crippen LogP contribution < -0.4 is 15.2 Å². The lowest BCUT2D eigenvalue weighted by Crippen LogP contribution is -2.39. The van der Waals surface area contributed by atoms with E-state index >= 15 is 0 Å². The molecule has 1 aliphatic rings. The smallest absolute Gasteiger partial charge is 0.263 e. The molecule has 0 fully saturated rings. The Morgan fingerprint density at radius 2 is 1.97 bits per heavy atom. The van der Waals surface area contributed by atoms with Crippen molar-refractivity contribution < 1.29 is 9.53 Å². The summed E-state index contributed by atoms with van der Waals surface area (Å²) in [4.78, 5) is 28.6. The fourth-order valence-corrected chi connectivity index (χ4v) is 4.06. The van der Waals surface area contributed by atoms with Crippen molar-refractivity contribution in [2.75, 3.05) is 18.6 Å². The van der Waals surface area contributed by atoms with Gasteiger partial charge < -0.3 is 14.2 Å². The van der Waals surface area contributed by atoms with Crippen LogP contribution in [0, 0.1) is 0 Å². The van der Waals surface area contributed by atoms with Crippen molar-refractivity contribution in [1.82, 2.24) is 4.57 Å². The summed E-state index contributed by atoms with van der Waals surface area (Å²) in [7, 11) is 1.61. The standard InChI is InChI=1S/C24H26N2O3/c1-3-4-13-26-22-16-19(29-2)12-11-18(22)15-20(24(26)28)23(27)25-14-7-9-17-8-5-6-10-21(17)25/h5-6,8,10-12,15-16H,3-4,7,9,13-14H2,1-2H3. The third-order valence-corrected chi connectivity index (χ3v) is 5.62. The van der Waals surface area contributed by atoms with Gasteiger partial charge in [0.2, 0.25) is 0 Å². The molecule has 0 unspecified atom stereocenters. The summed E-state index contributed by atoms with van der Waals surface area (Å²) < 4.78 is 7.07. The van der Waals surface area contributed by atoms with Crippen LogP contribution in [0.5, 0.6) is 5.75 Å². The van der Waals surface area contributed by atoms with E-state index in [1.165, 1.54) is 0 Å². The maximum atomic E-state index is 13.5. The Kier molecular flexibility index (Phi) is 5.38. The predicted molar refractivity (Wildman–Crippen MR) is 116 cm³/mol. The summed E-state index contributed by atoms with van der Waals surface area (Å²) in [6, 6.07) is 15.3. The molecule has 2 heterocycles. The van der Waals surface area contributed by atoms with Crippen molar-refractivity contribution in [2.24, 2.45) is 0 Å². The van der Waals surface area contributed by atoms with E-state index in [1.54, 1.807) is 22.6 Å². The Morgan fingerprint density at radius 3 is 2.76 bits per heavy atom. The van der Waals surface area contributed by atoms with E-state index in [0.717, 1.165) is 47.8 Å². The third-order valence-electron chi connectivity index (χ3n) is 5.62. The molecule has 4 rings (SSSR count). The molecule has 1 aromatic heterocycles. The highest BCUT2D eigenvalue weighted by molar-refractivity contribution is 6.08. The van der Waals surface area contributed by atoms with Gasteiger partial charge in [-0.25, -0.2) is 0 Å². The number of ether oxygens (including phenoxy) is 1. The van der Waals surface area contributed by atoms with Gasteiger partial charge in [-0.3, -0.25) is 9.59 Å². The average Bonchev–Trinajstić information content (AvgIpc) is 2.77. The van der Waals surface area contributed by atoms with Crippen LogP contribution in [0.25, 0.3) is 10.9 Å². The van der Waals surface area contributed by atoms with Gasteiger partial charge in [0.25, 0.3) is 11.5 Å². The number of aromatic nitrogens is 1. The third kappa shape index (κ3) is 3.53. The van der Waals surface area contributed by atoms with E-state index in [-0.39, 0.29) is 17.0 Å². The number of benzene rings is 2. The Bertz CT molecular complexity index is 1120. The minimum absolute atomic E-state index is 0.217. The Hall–Kier alpha value is -3.08. The highest BCUT2D eigenvalue weighted by Gasteiger charge is 2.26. The summed E-state index contributed by atoms with van der Waals surface area (Å²) in [5.41, 5.74) is 2.88. The fourth-order valence-electron chi connectivity index (χ4n) is 4.06. The molecule has 0 saturated carbocycles. The highest BCUT2D eigenvalue weighted by atomic mass is 16.5. The number of amides is 1. The number of hydrogen-bond acceptors (Lipinski definition) is 3. The van der Waals surface area contributed by atoms with Crippen molar-refractivity contribution in [3.05, 3.63) is 70.0 Å². The van der Waals surface area contributed by atoms with Crippen molar-refractivity contribution >= 4 is 22.5 Å². The van der Waals surface area contributed by atoms with Gasteiger partial charge in [0.1, 0.15) is 11.3 Å². The second-order valence-corrected chi connectivity index (χ2v) is 7.48. The molecule has 150 valence electrons. The summed E-state index contributed by atoms with van der Waals surface area (Å²) >= 11 is 0. The molecule has 0 N–H and O–H groups in total. The van der Waals surface area contributed by atoms with E-state index in [2.05, 4.69) is 13.0 Å². The van der Waals surface area contributed by atoms with Gasteiger partial charge in [-0.05, 0) is 54.5 Å². The number of rotatable bonds is 5. The zero-order valence-electron chi connectivity index (χ0n) is 17.0. The molecule has 1 amide bonds. The first kappa shape index (κ1) is 19.2. The van der Waals surface area contributed by atoms with Crippen LogP contribution in [0.2, 0.25) is 0 Å². The van der Waals surface area contributed by atoms with Crippen molar-refractivity contribution in [3.63, 3.8) is 0 Å². The lowest BCUT2D eigenvalue weighted by atomic mass is 10.0. The number of fused-ring (bicyclic) bond motifs is 2. The number of carbonyl (C=O) groups excluding carboxylic acids is 1. The number of aryl methyl sites for hydroxylation is 2. The maximum absolute atomic E-state index is 13.5. The van der Waals surface area contributed by atoms with Crippen LogP contribution in [-0.2, 0) is 13.0 Å². The van der Waals surface area contributed by atoms with Gasteiger partial charge in [0.05, 0.1) is 12.6 Å². The molecular formula is C24H26N2O3. The molecule has 5 nitrogen and oxygen atoms in total. The Labute approximate surface area is 170 Å². The molecule has 2 aromatic carbocycles.